The Morgan fingerprint density at radius 1 is 1.16 bits per heavy atom. The molecule has 1 aromatic heterocycles. The minimum Gasteiger partial charge on any atom is -0.345 e. The molecule has 162 valence electrons. The fraction of sp³-hybridized carbons (Fsp3) is 0.304. The molecule has 0 unspecified atom stereocenters. The topological polar surface area (TPSA) is 84.3 Å². The molecule has 8 heteroatoms. The van der Waals surface area contributed by atoms with E-state index in [9.17, 15) is 13.2 Å². The van der Waals surface area contributed by atoms with Gasteiger partial charge in [-0.2, -0.15) is 0 Å². The Labute approximate surface area is 183 Å². The quantitative estimate of drug-likeness (QED) is 0.574. The Balaban J connectivity index is 1.67. The van der Waals surface area contributed by atoms with Gasteiger partial charge in [-0.3, -0.25) is 4.79 Å². The van der Waals surface area contributed by atoms with Crippen LogP contribution in [0.4, 0.5) is 0 Å². The monoisotopic (exact) mass is 438 g/mol. The van der Waals surface area contributed by atoms with Crippen LogP contribution in [0.25, 0.3) is 11.0 Å². The van der Waals surface area contributed by atoms with Gasteiger partial charge in [0.1, 0.15) is 5.82 Å². The van der Waals surface area contributed by atoms with Gasteiger partial charge < -0.3 is 9.88 Å². The molecule has 0 bridgehead atoms. The lowest BCUT2D eigenvalue weighted by atomic mass is 10.2. The van der Waals surface area contributed by atoms with Gasteiger partial charge in [0.2, 0.25) is 15.9 Å². The summed E-state index contributed by atoms with van der Waals surface area (Å²) in [5.41, 5.74) is 2.36. The fourth-order valence-electron chi connectivity index (χ4n) is 3.20. The maximum absolute atomic E-state index is 12.4. The molecule has 3 rings (SSSR count). The van der Waals surface area contributed by atoms with E-state index in [0.717, 1.165) is 16.9 Å². The van der Waals surface area contributed by atoms with E-state index >= 15 is 0 Å². The number of benzene rings is 2. The summed E-state index contributed by atoms with van der Waals surface area (Å²) in [7, 11) is -0.533. The third kappa shape index (κ3) is 5.32. The third-order valence-corrected chi connectivity index (χ3v) is 6.66. The first-order valence-corrected chi connectivity index (χ1v) is 11.5. The second-order valence-electron chi connectivity index (χ2n) is 7.15. The number of imidazole rings is 1. The van der Waals surface area contributed by atoms with Gasteiger partial charge in [0, 0.05) is 39.0 Å². The molecule has 31 heavy (non-hydrogen) atoms. The largest absolute Gasteiger partial charge is 0.345 e. The highest BCUT2D eigenvalue weighted by molar-refractivity contribution is 7.89. The van der Waals surface area contributed by atoms with Gasteiger partial charge in [-0.05, 0) is 37.3 Å². The van der Waals surface area contributed by atoms with Crippen LogP contribution in [-0.2, 0) is 27.8 Å². The Morgan fingerprint density at radius 3 is 2.58 bits per heavy atom. The molecule has 0 saturated heterocycles. The van der Waals surface area contributed by atoms with Crippen LogP contribution in [0, 0.1) is 11.8 Å². The molecule has 7 nitrogen and oxygen atoms in total. The predicted molar refractivity (Wildman–Crippen MR) is 121 cm³/mol. The second-order valence-corrected chi connectivity index (χ2v) is 9.31. The van der Waals surface area contributed by atoms with Crippen LogP contribution in [0.1, 0.15) is 24.7 Å². The van der Waals surface area contributed by atoms with E-state index < -0.39 is 10.0 Å². The highest BCUT2D eigenvalue weighted by Gasteiger charge is 2.19. The van der Waals surface area contributed by atoms with Crippen molar-refractivity contribution in [3.63, 3.8) is 0 Å². The lowest BCUT2D eigenvalue weighted by Gasteiger charge is -2.11. The molecule has 0 aliphatic carbocycles. The van der Waals surface area contributed by atoms with Crippen LogP contribution >= 0.6 is 0 Å². The van der Waals surface area contributed by atoms with Crippen molar-refractivity contribution >= 4 is 27.0 Å². The Bertz CT molecular complexity index is 1240. The molecular weight excluding hydrogens is 412 g/mol. The number of amides is 1. The Kier molecular flexibility index (Phi) is 7.10. The van der Waals surface area contributed by atoms with Crippen molar-refractivity contribution in [3.05, 3.63) is 59.9 Å². The zero-order valence-corrected chi connectivity index (χ0v) is 18.7. The zero-order valence-electron chi connectivity index (χ0n) is 17.9. The summed E-state index contributed by atoms with van der Waals surface area (Å²) in [6.07, 6.45) is 0.732. The molecule has 0 saturated carbocycles. The van der Waals surface area contributed by atoms with Gasteiger partial charge >= 0.3 is 0 Å². The number of sulfonamides is 1. The standard InChI is InChI=1S/C23H26N4O3S/c1-4-27-21-13-12-19(31(29,30)26(2)3)17-20(21)25-22(27)14-15-23(28)24-16-8-11-18-9-6-5-7-10-18/h5-7,9-10,12-13,17H,4,14-16H2,1-3H3,(H,24,28). The molecule has 0 radical (unpaired) electrons. The SMILES string of the molecule is CCn1c(CCC(=O)NCC#Cc2ccccc2)nc2cc(S(=O)(=O)N(C)C)ccc21. The predicted octanol–water partition coefficient (Wildman–Crippen LogP) is 2.41. The van der Waals surface area contributed by atoms with Gasteiger partial charge in [0.05, 0.1) is 22.5 Å². The number of rotatable bonds is 7. The van der Waals surface area contributed by atoms with E-state index in [2.05, 4.69) is 22.1 Å². The lowest BCUT2D eigenvalue weighted by Crippen LogP contribution is -2.24. The summed E-state index contributed by atoms with van der Waals surface area (Å²) >= 11 is 0. The summed E-state index contributed by atoms with van der Waals surface area (Å²) in [6, 6.07) is 14.5. The van der Waals surface area contributed by atoms with Crippen LogP contribution in [-0.4, -0.2) is 48.8 Å². The van der Waals surface area contributed by atoms with Gasteiger partial charge in [0.25, 0.3) is 0 Å². The summed E-state index contributed by atoms with van der Waals surface area (Å²) in [6.45, 7) is 2.95. The molecule has 0 atom stereocenters. The summed E-state index contributed by atoms with van der Waals surface area (Å²) < 4.78 is 28.0. The van der Waals surface area contributed by atoms with Crippen LogP contribution in [0.3, 0.4) is 0 Å². The van der Waals surface area contributed by atoms with Crippen molar-refractivity contribution in [2.24, 2.45) is 0 Å². The number of carbonyl (C=O) groups excluding carboxylic acids is 1. The van der Waals surface area contributed by atoms with Crippen molar-refractivity contribution in [2.45, 2.75) is 31.2 Å². The third-order valence-electron chi connectivity index (χ3n) is 4.85. The van der Waals surface area contributed by atoms with E-state index in [0.29, 0.717) is 18.5 Å². The highest BCUT2D eigenvalue weighted by atomic mass is 32.2. The molecule has 2 aromatic carbocycles. The van der Waals surface area contributed by atoms with Crippen molar-refractivity contribution < 1.29 is 13.2 Å². The smallest absolute Gasteiger partial charge is 0.242 e. The zero-order chi connectivity index (χ0) is 22.4. The minimum atomic E-state index is -3.53. The maximum Gasteiger partial charge on any atom is 0.242 e. The fourth-order valence-corrected chi connectivity index (χ4v) is 4.12. The van der Waals surface area contributed by atoms with Crippen LogP contribution < -0.4 is 5.32 Å². The average Bonchev–Trinajstić information content (AvgIpc) is 3.12. The van der Waals surface area contributed by atoms with Crippen LogP contribution in [0.2, 0.25) is 0 Å². The first-order chi connectivity index (χ1) is 14.8. The number of carbonyl (C=O) groups is 1. The molecular formula is C23H26N4O3S. The number of aryl methyl sites for hydroxylation is 2. The molecule has 1 N–H and O–H groups in total. The summed E-state index contributed by atoms with van der Waals surface area (Å²) in [4.78, 5) is 17.0. The molecule has 1 heterocycles. The highest BCUT2D eigenvalue weighted by Crippen LogP contribution is 2.22. The number of nitrogens with zero attached hydrogens (tertiary/aromatic N) is 3. The van der Waals surface area contributed by atoms with Gasteiger partial charge in [-0.25, -0.2) is 17.7 Å². The van der Waals surface area contributed by atoms with E-state index in [4.69, 9.17) is 0 Å². The number of fused-ring (bicyclic) bond motifs is 1. The normalized spacial score (nSPS) is 11.4. The first kappa shape index (κ1) is 22.5. The average molecular weight is 439 g/mol. The number of hydrogen-bond acceptors (Lipinski definition) is 4. The molecule has 0 aliphatic heterocycles. The molecule has 0 aliphatic rings. The van der Waals surface area contributed by atoms with E-state index in [1.165, 1.54) is 18.4 Å². The maximum atomic E-state index is 12.4. The summed E-state index contributed by atoms with van der Waals surface area (Å²) in [5, 5.41) is 2.80. The minimum absolute atomic E-state index is 0.104. The van der Waals surface area contributed by atoms with E-state index in [1.807, 2.05) is 41.8 Å². The first-order valence-electron chi connectivity index (χ1n) is 10.0. The lowest BCUT2D eigenvalue weighted by molar-refractivity contribution is -0.120. The van der Waals surface area contributed by atoms with Crippen LogP contribution in [0.15, 0.2) is 53.4 Å². The number of hydrogen-bond donors (Lipinski definition) is 1. The Morgan fingerprint density at radius 2 is 1.90 bits per heavy atom. The molecule has 3 aromatic rings. The Hall–Kier alpha value is -3.15. The van der Waals surface area contributed by atoms with Crippen molar-refractivity contribution in [1.29, 1.82) is 0 Å². The molecule has 0 spiro atoms. The second kappa shape index (κ2) is 9.77. The number of nitrogens with one attached hydrogen (secondary N) is 1. The van der Waals surface area contributed by atoms with Gasteiger partial charge in [-0.1, -0.05) is 30.0 Å². The summed E-state index contributed by atoms with van der Waals surface area (Å²) in [5.74, 6) is 6.59. The number of aromatic nitrogens is 2. The van der Waals surface area contributed by atoms with Crippen molar-refractivity contribution in [3.8, 4) is 11.8 Å². The van der Waals surface area contributed by atoms with E-state index in [-0.39, 0.29) is 23.8 Å². The molecule has 1 amide bonds. The van der Waals surface area contributed by atoms with Crippen molar-refractivity contribution in [1.82, 2.24) is 19.2 Å². The van der Waals surface area contributed by atoms with E-state index in [1.54, 1.807) is 18.2 Å². The molecule has 0 fully saturated rings. The van der Waals surface area contributed by atoms with Gasteiger partial charge in [0.15, 0.2) is 0 Å². The van der Waals surface area contributed by atoms with Crippen LogP contribution in [0.5, 0.6) is 0 Å². The van der Waals surface area contributed by atoms with Crippen molar-refractivity contribution in [2.75, 3.05) is 20.6 Å². The van der Waals surface area contributed by atoms with Gasteiger partial charge in [-0.15, -0.1) is 0 Å².